The summed E-state index contributed by atoms with van der Waals surface area (Å²) >= 11 is 0. The van der Waals surface area contributed by atoms with Crippen LogP contribution in [0.4, 0.5) is 0 Å². The third-order valence-corrected chi connectivity index (χ3v) is 4.35. The SMILES string of the molecule is Cc1[nH]nc(CO)c1S(=O)(=O)NC(C)CC(C)C. The molecule has 0 spiro atoms. The molecule has 7 heteroatoms. The van der Waals surface area contributed by atoms with E-state index in [0.29, 0.717) is 11.6 Å². The lowest BCUT2D eigenvalue weighted by Gasteiger charge is -2.16. The predicted molar refractivity (Wildman–Crippen MR) is 68.5 cm³/mol. The van der Waals surface area contributed by atoms with Crippen LogP contribution >= 0.6 is 0 Å². The maximum Gasteiger partial charge on any atom is 0.244 e. The largest absolute Gasteiger partial charge is 0.390 e. The van der Waals surface area contributed by atoms with Gasteiger partial charge in [-0.05, 0) is 26.2 Å². The molecule has 0 aromatic carbocycles. The van der Waals surface area contributed by atoms with Crippen LogP contribution in [-0.4, -0.2) is 29.8 Å². The number of aryl methyl sites for hydroxylation is 1. The molecule has 1 aromatic heterocycles. The van der Waals surface area contributed by atoms with Crippen molar-refractivity contribution in [2.24, 2.45) is 5.92 Å². The molecular formula is C11H21N3O3S. The van der Waals surface area contributed by atoms with Gasteiger partial charge in [0.05, 0.1) is 12.3 Å². The lowest BCUT2D eigenvalue weighted by Crippen LogP contribution is -2.34. The van der Waals surface area contributed by atoms with Gasteiger partial charge >= 0.3 is 0 Å². The lowest BCUT2D eigenvalue weighted by molar-refractivity contribution is 0.273. The van der Waals surface area contributed by atoms with E-state index in [4.69, 9.17) is 5.11 Å². The Morgan fingerprint density at radius 2 is 2.00 bits per heavy atom. The number of sulfonamides is 1. The first-order valence-electron chi connectivity index (χ1n) is 5.95. The van der Waals surface area contributed by atoms with Crippen LogP contribution in [0.1, 0.15) is 38.6 Å². The first-order valence-corrected chi connectivity index (χ1v) is 7.43. The zero-order valence-electron chi connectivity index (χ0n) is 11.2. The van der Waals surface area contributed by atoms with Crippen LogP contribution in [0.15, 0.2) is 4.90 Å². The van der Waals surface area contributed by atoms with Crippen molar-refractivity contribution in [3.8, 4) is 0 Å². The Hall–Kier alpha value is -0.920. The van der Waals surface area contributed by atoms with Gasteiger partial charge in [0.1, 0.15) is 10.6 Å². The van der Waals surface area contributed by atoms with Gasteiger partial charge < -0.3 is 5.11 Å². The second-order valence-corrected chi connectivity index (χ2v) is 6.59. The molecule has 0 bridgehead atoms. The van der Waals surface area contributed by atoms with Gasteiger partial charge in [0.15, 0.2) is 0 Å². The fraction of sp³-hybridized carbons (Fsp3) is 0.727. The molecule has 0 aliphatic carbocycles. The minimum atomic E-state index is -3.64. The summed E-state index contributed by atoms with van der Waals surface area (Å²) < 4.78 is 27.0. The number of nitrogens with zero attached hydrogens (tertiary/aromatic N) is 1. The van der Waals surface area contributed by atoms with Gasteiger partial charge in [0.2, 0.25) is 10.0 Å². The van der Waals surface area contributed by atoms with Crippen molar-refractivity contribution in [2.75, 3.05) is 0 Å². The fourth-order valence-corrected chi connectivity index (χ4v) is 3.63. The van der Waals surface area contributed by atoms with E-state index in [9.17, 15) is 8.42 Å². The number of H-pyrrole nitrogens is 1. The van der Waals surface area contributed by atoms with Gasteiger partial charge in [0.25, 0.3) is 0 Å². The Morgan fingerprint density at radius 1 is 1.39 bits per heavy atom. The number of aliphatic hydroxyl groups excluding tert-OH is 1. The molecule has 6 nitrogen and oxygen atoms in total. The normalized spacial score (nSPS) is 14.1. The molecule has 0 saturated heterocycles. The van der Waals surface area contributed by atoms with E-state index in [1.165, 1.54) is 0 Å². The van der Waals surface area contributed by atoms with Crippen molar-refractivity contribution in [2.45, 2.75) is 51.7 Å². The molecule has 1 heterocycles. The summed E-state index contributed by atoms with van der Waals surface area (Å²) in [7, 11) is -3.64. The van der Waals surface area contributed by atoms with Crippen molar-refractivity contribution >= 4 is 10.0 Å². The summed E-state index contributed by atoms with van der Waals surface area (Å²) in [6.07, 6.45) is 0.755. The highest BCUT2D eigenvalue weighted by atomic mass is 32.2. The Balaban J connectivity index is 2.96. The Kier molecular flexibility index (Phi) is 4.89. The zero-order valence-corrected chi connectivity index (χ0v) is 12.0. The first kappa shape index (κ1) is 15.1. The first-order chi connectivity index (χ1) is 8.27. The average Bonchev–Trinajstić information content (AvgIpc) is 2.57. The number of hydrogen-bond acceptors (Lipinski definition) is 4. The molecular weight excluding hydrogens is 254 g/mol. The highest BCUT2D eigenvalue weighted by Gasteiger charge is 2.25. The molecule has 0 radical (unpaired) electrons. The van der Waals surface area contributed by atoms with Crippen LogP contribution in [0.5, 0.6) is 0 Å². The van der Waals surface area contributed by atoms with E-state index in [-0.39, 0.29) is 16.6 Å². The molecule has 3 N–H and O–H groups in total. The van der Waals surface area contributed by atoms with Crippen LogP contribution < -0.4 is 4.72 Å². The molecule has 1 unspecified atom stereocenters. The molecule has 0 saturated carbocycles. The molecule has 0 aliphatic heterocycles. The summed E-state index contributed by atoms with van der Waals surface area (Å²) in [4.78, 5) is 0.0561. The van der Waals surface area contributed by atoms with E-state index in [2.05, 4.69) is 14.9 Å². The number of rotatable bonds is 6. The molecule has 0 aliphatic rings. The number of aliphatic hydroxyl groups is 1. The maximum atomic E-state index is 12.2. The van der Waals surface area contributed by atoms with Crippen LogP contribution in [0.25, 0.3) is 0 Å². The highest BCUT2D eigenvalue weighted by Crippen LogP contribution is 2.18. The summed E-state index contributed by atoms with van der Waals surface area (Å²) in [5.74, 6) is 0.408. The third-order valence-electron chi connectivity index (χ3n) is 2.56. The molecule has 18 heavy (non-hydrogen) atoms. The Bertz CT molecular complexity index is 494. The summed E-state index contributed by atoms with van der Waals surface area (Å²) in [6.45, 7) is 7.11. The quantitative estimate of drug-likeness (QED) is 0.719. The van der Waals surface area contributed by atoms with Gasteiger partial charge in [-0.25, -0.2) is 13.1 Å². The van der Waals surface area contributed by atoms with Crippen LogP contribution in [-0.2, 0) is 16.6 Å². The van der Waals surface area contributed by atoms with Crippen LogP contribution in [0.2, 0.25) is 0 Å². The Morgan fingerprint density at radius 3 is 2.50 bits per heavy atom. The van der Waals surface area contributed by atoms with Gasteiger partial charge in [-0.1, -0.05) is 13.8 Å². The lowest BCUT2D eigenvalue weighted by atomic mass is 10.1. The molecule has 104 valence electrons. The molecule has 1 atom stereocenters. The van der Waals surface area contributed by atoms with E-state index >= 15 is 0 Å². The van der Waals surface area contributed by atoms with E-state index in [0.717, 1.165) is 6.42 Å². The standard InChI is InChI=1S/C11H21N3O3S/c1-7(2)5-8(3)14-18(16,17)11-9(4)12-13-10(11)6-15/h7-8,14-15H,5-6H2,1-4H3,(H,12,13). The van der Waals surface area contributed by atoms with Crippen molar-refractivity contribution in [3.63, 3.8) is 0 Å². The Labute approximate surface area is 108 Å². The minimum Gasteiger partial charge on any atom is -0.390 e. The van der Waals surface area contributed by atoms with Gasteiger partial charge in [-0.15, -0.1) is 0 Å². The molecule has 1 aromatic rings. The minimum absolute atomic E-state index is 0.0561. The highest BCUT2D eigenvalue weighted by molar-refractivity contribution is 7.89. The maximum absolute atomic E-state index is 12.2. The van der Waals surface area contributed by atoms with Crippen molar-refractivity contribution in [1.82, 2.24) is 14.9 Å². The van der Waals surface area contributed by atoms with E-state index in [1.807, 2.05) is 20.8 Å². The number of hydrogen-bond donors (Lipinski definition) is 3. The van der Waals surface area contributed by atoms with E-state index in [1.54, 1.807) is 6.92 Å². The average molecular weight is 275 g/mol. The van der Waals surface area contributed by atoms with Gasteiger partial charge in [-0.3, -0.25) is 5.10 Å². The van der Waals surface area contributed by atoms with Crippen molar-refractivity contribution < 1.29 is 13.5 Å². The zero-order chi connectivity index (χ0) is 13.9. The number of nitrogens with one attached hydrogen (secondary N) is 2. The monoisotopic (exact) mass is 275 g/mol. The van der Waals surface area contributed by atoms with Gasteiger partial charge in [0, 0.05) is 6.04 Å². The molecule has 0 amide bonds. The van der Waals surface area contributed by atoms with Crippen LogP contribution in [0.3, 0.4) is 0 Å². The number of aromatic amines is 1. The predicted octanol–water partition coefficient (Wildman–Crippen LogP) is 0.923. The van der Waals surface area contributed by atoms with Crippen LogP contribution in [0, 0.1) is 12.8 Å². The van der Waals surface area contributed by atoms with E-state index < -0.39 is 16.6 Å². The van der Waals surface area contributed by atoms with Gasteiger partial charge in [-0.2, -0.15) is 5.10 Å². The van der Waals surface area contributed by atoms with Crippen molar-refractivity contribution in [1.29, 1.82) is 0 Å². The van der Waals surface area contributed by atoms with Crippen molar-refractivity contribution in [3.05, 3.63) is 11.4 Å². The third kappa shape index (κ3) is 3.54. The fourth-order valence-electron chi connectivity index (χ4n) is 2.01. The molecule has 0 fully saturated rings. The summed E-state index contributed by atoms with van der Waals surface area (Å²) in [5.41, 5.74) is 0.583. The second kappa shape index (κ2) is 5.81. The smallest absolute Gasteiger partial charge is 0.244 e. The topological polar surface area (TPSA) is 95.1 Å². The molecule has 1 rings (SSSR count). The summed E-state index contributed by atoms with van der Waals surface area (Å²) in [5, 5.41) is 15.5. The second-order valence-electron chi connectivity index (χ2n) is 4.93. The summed E-state index contributed by atoms with van der Waals surface area (Å²) in [6, 6.07) is -0.157. The number of aromatic nitrogens is 2.